The molecule has 0 unspecified atom stereocenters. The summed E-state index contributed by atoms with van der Waals surface area (Å²) >= 11 is 5.95. The molecule has 1 aromatic carbocycles. The maximum atomic E-state index is 12.5. The van der Waals surface area contributed by atoms with E-state index in [4.69, 9.17) is 11.6 Å². The first-order chi connectivity index (χ1) is 9.71. The minimum Gasteiger partial charge on any atom is -0.302 e. The van der Waals surface area contributed by atoms with Gasteiger partial charge in [-0.25, -0.2) is 4.98 Å². The summed E-state index contributed by atoms with van der Waals surface area (Å²) in [5, 5.41) is 0.654. The normalized spacial score (nSPS) is 11.4. The molecule has 0 fully saturated rings. The predicted octanol–water partition coefficient (Wildman–Crippen LogP) is 2.48. The van der Waals surface area contributed by atoms with Gasteiger partial charge in [0.2, 0.25) is 0 Å². The van der Waals surface area contributed by atoms with Gasteiger partial charge in [-0.1, -0.05) is 26.0 Å². The Kier molecular flexibility index (Phi) is 5.15. The fourth-order valence-corrected chi connectivity index (χ4v) is 2.53. The van der Waals surface area contributed by atoms with Gasteiger partial charge >= 0.3 is 0 Å². The summed E-state index contributed by atoms with van der Waals surface area (Å²) in [7, 11) is 0. The molecule has 108 valence electrons. The predicted molar refractivity (Wildman–Crippen MR) is 83.3 cm³/mol. The molecule has 2 rings (SSSR count). The van der Waals surface area contributed by atoms with E-state index in [0.29, 0.717) is 23.3 Å². The van der Waals surface area contributed by atoms with E-state index in [0.717, 1.165) is 19.6 Å². The van der Waals surface area contributed by atoms with Crippen LogP contribution < -0.4 is 5.56 Å². The van der Waals surface area contributed by atoms with E-state index < -0.39 is 0 Å². The van der Waals surface area contributed by atoms with Gasteiger partial charge in [0, 0.05) is 13.1 Å². The standard InChI is InChI=1S/C15H20ClN3O/c1-3-18(4-2)9-10-19-14(11-16)17-13-8-6-5-7-12(13)15(19)20/h5-8H,3-4,9-11H2,1-2H3. The first kappa shape index (κ1) is 15.0. The molecular weight excluding hydrogens is 274 g/mol. The van der Waals surface area contributed by atoms with Crippen LogP contribution in [0.1, 0.15) is 19.7 Å². The van der Waals surface area contributed by atoms with Gasteiger partial charge in [0.05, 0.1) is 16.8 Å². The quantitative estimate of drug-likeness (QED) is 0.768. The summed E-state index contributed by atoms with van der Waals surface area (Å²) in [6.07, 6.45) is 0. The van der Waals surface area contributed by atoms with Crippen LogP contribution in [0.2, 0.25) is 0 Å². The number of rotatable bonds is 6. The highest BCUT2D eigenvalue weighted by Gasteiger charge is 2.10. The Balaban J connectivity index is 2.40. The summed E-state index contributed by atoms with van der Waals surface area (Å²) in [5.41, 5.74) is 0.714. The second kappa shape index (κ2) is 6.86. The molecule has 2 aromatic rings. The van der Waals surface area contributed by atoms with Gasteiger partial charge in [0.1, 0.15) is 5.82 Å². The molecule has 1 heterocycles. The zero-order valence-electron chi connectivity index (χ0n) is 12.0. The van der Waals surface area contributed by atoms with Crippen LogP contribution in [0.25, 0.3) is 10.9 Å². The summed E-state index contributed by atoms with van der Waals surface area (Å²) in [5.74, 6) is 0.890. The van der Waals surface area contributed by atoms with Crippen molar-refractivity contribution in [3.05, 3.63) is 40.4 Å². The fraction of sp³-hybridized carbons (Fsp3) is 0.467. The maximum absolute atomic E-state index is 12.5. The van der Waals surface area contributed by atoms with Gasteiger partial charge in [0.25, 0.3) is 5.56 Å². The molecule has 0 aliphatic heterocycles. The summed E-state index contributed by atoms with van der Waals surface area (Å²) in [4.78, 5) is 19.3. The van der Waals surface area contributed by atoms with Gasteiger partial charge < -0.3 is 4.90 Å². The number of hydrogen-bond donors (Lipinski definition) is 0. The van der Waals surface area contributed by atoms with E-state index in [9.17, 15) is 4.79 Å². The average Bonchev–Trinajstić information content (AvgIpc) is 2.49. The first-order valence-corrected chi connectivity index (χ1v) is 7.51. The van der Waals surface area contributed by atoms with Crippen LogP contribution in [0.4, 0.5) is 0 Å². The van der Waals surface area contributed by atoms with E-state index in [2.05, 4.69) is 23.7 Å². The van der Waals surface area contributed by atoms with E-state index >= 15 is 0 Å². The number of alkyl halides is 1. The number of fused-ring (bicyclic) bond motifs is 1. The molecule has 0 aliphatic carbocycles. The van der Waals surface area contributed by atoms with E-state index in [1.165, 1.54) is 0 Å². The molecule has 0 aliphatic rings. The van der Waals surface area contributed by atoms with Crippen LogP contribution in [0.15, 0.2) is 29.1 Å². The molecule has 0 radical (unpaired) electrons. The first-order valence-electron chi connectivity index (χ1n) is 6.98. The van der Waals surface area contributed by atoms with Gasteiger partial charge in [0.15, 0.2) is 0 Å². The molecule has 0 saturated heterocycles. The molecule has 0 amide bonds. The van der Waals surface area contributed by atoms with Gasteiger partial charge in [-0.3, -0.25) is 9.36 Å². The van der Waals surface area contributed by atoms with Crippen LogP contribution in [0.3, 0.4) is 0 Å². The Morgan fingerprint density at radius 1 is 1.25 bits per heavy atom. The third-order valence-electron chi connectivity index (χ3n) is 3.59. The third kappa shape index (κ3) is 3.02. The Morgan fingerprint density at radius 2 is 1.95 bits per heavy atom. The summed E-state index contributed by atoms with van der Waals surface area (Å²) in [6, 6.07) is 7.41. The molecule has 0 spiro atoms. The molecule has 1 aromatic heterocycles. The van der Waals surface area contributed by atoms with Crippen molar-refractivity contribution in [1.29, 1.82) is 0 Å². The van der Waals surface area contributed by atoms with Crippen molar-refractivity contribution in [1.82, 2.24) is 14.5 Å². The van der Waals surface area contributed by atoms with Crippen molar-refractivity contribution < 1.29 is 0 Å². The molecular formula is C15H20ClN3O. The van der Waals surface area contributed by atoms with Crippen molar-refractivity contribution in [2.24, 2.45) is 0 Å². The number of nitrogens with zero attached hydrogens (tertiary/aromatic N) is 3. The van der Waals surface area contributed by atoms with Crippen LogP contribution in [-0.4, -0.2) is 34.1 Å². The van der Waals surface area contributed by atoms with E-state index in [1.54, 1.807) is 4.57 Å². The van der Waals surface area contributed by atoms with Gasteiger partial charge in [-0.15, -0.1) is 11.6 Å². The van der Waals surface area contributed by atoms with Crippen molar-refractivity contribution in [3.63, 3.8) is 0 Å². The average molecular weight is 294 g/mol. The number of hydrogen-bond acceptors (Lipinski definition) is 3. The van der Waals surface area contributed by atoms with Crippen LogP contribution in [-0.2, 0) is 12.4 Å². The number of aromatic nitrogens is 2. The van der Waals surface area contributed by atoms with Crippen LogP contribution in [0.5, 0.6) is 0 Å². The lowest BCUT2D eigenvalue weighted by Crippen LogP contribution is -2.32. The van der Waals surface area contributed by atoms with Crippen LogP contribution in [0, 0.1) is 0 Å². The molecule has 20 heavy (non-hydrogen) atoms. The highest BCUT2D eigenvalue weighted by atomic mass is 35.5. The molecule has 0 saturated carbocycles. The lowest BCUT2D eigenvalue weighted by Gasteiger charge is -2.19. The second-order valence-corrected chi connectivity index (χ2v) is 4.93. The van der Waals surface area contributed by atoms with Crippen molar-refractivity contribution >= 4 is 22.5 Å². The number of para-hydroxylation sites is 1. The molecule has 0 bridgehead atoms. The summed E-state index contributed by atoms with van der Waals surface area (Å²) in [6.45, 7) is 7.64. The fourth-order valence-electron chi connectivity index (χ4n) is 2.33. The maximum Gasteiger partial charge on any atom is 0.261 e. The Morgan fingerprint density at radius 3 is 2.60 bits per heavy atom. The van der Waals surface area contributed by atoms with Gasteiger partial charge in [-0.05, 0) is 25.2 Å². The SMILES string of the molecule is CCN(CC)CCn1c(CCl)nc2ccccc2c1=O. The third-order valence-corrected chi connectivity index (χ3v) is 3.83. The highest BCUT2D eigenvalue weighted by molar-refractivity contribution is 6.16. The lowest BCUT2D eigenvalue weighted by molar-refractivity contribution is 0.287. The molecule has 5 heteroatoms. The number of likely N-dealkylation sites (N-methyl/N-ethyl adjacent to an activating group) is 1. The Labute approximate surface area is 124 Å². The zero-order valence-corrected chi connectivity index (χ0v) is 12.7. The van der Waals surface area contributed by atoms with Crippen molar-refractivity contribution in [2.75, 3.05) is 19.6 Å². The smallest absolute Gasteiger partial charge is 0.261 e. The van der Waals surface area contributed by atoms with E-state index in [1.807, 2.05) is 24.3 Å². The minimum atomic E-state index is -0.00148. The minimum absolute atomic E-state index is 0.00148. The molecule has 0 N–H and O–H groups in total. The number of halogens is 1. The second-order valence-electron chi connectivity index (χ2n) is 4.66. The summed E-state index contributed by atoms with van der Waals surface area (Å²) < 4.78 is 1.70. The lowest BCUT2D eigenvalue weighted by atomic mass is 10.2. The largest absolute Gasteiger partial charge is 0.302 e. The Hall–Kier alpha value is -1.39. The van der Waals surface area contributed by atoms with Crippen LogP contribution >= 0.6 is 11.6 Å². The Bertz CT molecular complexity index is 635. The topological polar surface area (TPSA) is 38.1 Å². The molecule has 4 nitrogen and oxygen atoms in total. The van der Waals surface area contributed by atoms with Gasteiger partial charge in [-0.2, -0.15) is 0 Å². The van der Waals surface area contributed by atoms with E-state index in [-0.39, 0.29) is 11.4 Å². The number of benzene rings is 1. The van der Waals surface area contributed by atoms with Crippen molar-refractivity contribution in [2.45, 2.75) is 26.3 Å². The highest BCUT2D eigenvalue weighted by Crippen LogP contribution is 2.09. The zero-order chi connectivity index (χ0) is 14.5. The molecule has 0 atom stereocenters. The monoisotopic (exact) mass is 293 g/mol. The van der Waals surface area contributed by atoms with Crippen molar-refractivity contribution in [3.8, 4) is 0 Å².